The Morgan fingerprint density at radius 1 is 1.07 bits per heavy atom. The average molecular weight is 405 g/mol. The molecule has 0 radical (unpaired) electrons. The number of rotatable bonds is 5. The summed E-state index contributed by atoms with van der Waals surface area (Å²) < 4.78 is 23.8. The summed E-state index contributed by atoms with van der Waals surface area (Å²) in [6.45, 7) is 1.52. The highest BCUT2D eigenvalue weighted by atomic mass is 19.1. The predicted octanol–water partition coefficient (Wildman–Crippen LogP) is 0.0112. The first-order valence-electron chi connectivity index (χ1n) is 9.71. The van der Waals surface area contributed by atoms with Crippen molar-refractivity contribution in [2.45, 2.75) is 31.2 Å². The fourth-order valence-corrected chi connectivity index (χ4v) is 4.27. The quantitative estimate of drug-likeness (QED) is 0.690. The van der Waals surface area contributed by atoms with Gasteiger partial charge in [-0.25, -0.2) is 4.39 Å². The Balaban J connectivity index is 1.40. The zero-order valence-corrected chi connectivity index (χ0v) is 16.3. The van der Waals surface area contributed by atoms with E-state index >= 15 is 0 Å². The molecule has 4 rings (SSSR count). The van der Waals surface area contributed by atoms with Gasteiger partial charge in [0, 0.05) is 33.2 Å². The standard InChI is InChI=1S/C20H24FN3O5/c1-28-12-18(25)22-6-7-23-17(10-22)20(27)24-9-15(8-16(24)19(23)26)29-11-13-2-4-14(21)5-3-13/h2-5,15-17H,6-12H2,1H3. The molecule has 3 unspecified atom stereocenters. The summed E-state index contributed by atoms with van der Waals surface area (Å²) in [5.41, 5.74) is 0.832. The molecule has 0 N–H and O–H groups in total. The van der Waals surface area contributed by atoms with Gasteiger partial charge in [-0.1, -0.05) is 12.1 Å². The van der Waals surface area contributed by atoms with Crippen molar-refractivity contribution in [3.8, 4) is 0 Å². The predicted molar refractivity (Wildman–Crippen MR) is 99.1 cm³/mol. The molecule has 1 aromatic rings. The molecule has 0 bridgehead atoms. The van der Waals surface area contributed by atoms with Crippen molar-refractivity contribution in [3.05, 3.63) is 35.6 Å². The third-order valence-electron chi connectivity index (χ3n) is 5.80. The highest BCUT2D eigenvalue weighted by Crippen LogP contribution is 2.30. The van der Waals surface area contributed by atoms with Crippen molar-refractivity contribution in [1.82, 2.24) is 14.7 Å². The van der Waals surface area contributed by atoms with Crippen LogP contribution in [0.1, 0.15) is 12.0 Å². The summed E-state index contributed by atoms with van der Waals surface area (Å²) in [7, 11) is 1.45. The lowest BCUT2D eigenvalue weighted by molar-refractivity contribution is -0.165. The van der Waals surface area contributed by atoms with Crippen LogP contribution in [-0.2, 0) is 30.5 Å². The second-order valence-corrected chi connectivity index (χ2v) is 7.62. The number of hydrogen-bond acceptors (Lipinski definition) is 5. The van der Waals surface area contributed by atoms with Crippen LogP contribution in [0.15, 0.2) is 24.3 Å². The summed E-state index contributed by atoms with van der Waals surface area (Å²) in [5, 5.41) is 0. The van der Waals surface area contributed by atoms with E-state index in [9.17, 15) is 18.8 Å². The van der Waals surface area contributed by atoms with Gasteiger partial charge in [-0.2, -0.15) is 0 Å². The van der Waals surface area contributed by atoms with E-state index in [4.69, 9.17) is 9.47 Å². The van der Waals surface area contributed by atoms with E-state index in [1.165, 1.54) is 19.2 Å². The zero-order chi connectivity index (χ0) is 20.5. The topological polar surface area (TPSA) is 79.4 Å². The molecule has 0 aliphatic carbocycles. The van der Waals surface area contributed by atoms with Gasteiger partial charge in [0.25, 0.3) is 0 Å². The number of ether oxygens (including phenoxy) is 2. The van der Waals surface area contributed by atoms with Gasteiger partial charge in [-0.3, -0.25) is 14.4 Å². The van der Waals surface area contributed by atoms with Gasteiger partial charge in [0.15, 0.2) is 0 Å². The first kappa shape index (κ1) is 19.8. The molecule has 3 amide bonds. The molecule has 8 nitrogen and oxygen atoms in total. The molecule has 9 heteroatoms. The largest absolute Gasteiger partial charge is 0.375 e. The van der Waals surface area contributed by atoms with Gasteiger partial charge in [0.1, 0.15) is 24.5 Å². The van der Waals surface area contributed by atoms with Crippen molar-refractivity contribution in [1.29, 1.82) is 0 Å². The number of benzene rings is 1. The number of halogens is 1. The smallest absolute Gasteiger partial charge is 0.248 e. The van der Waals surface area contributed by atoms with Crippen LogP contribution in [0.4, 0.5) is 4.39 Å². The lowest BCUT2D eigenvalue weighted by atomic mass is 10.0. The lowest BCUT2D eigenvalue weighted by Crippen LogP contribution is -2.69. The highest BCUT2D eigenvalue weighted by Gasteiger charge is 2.52. The normalized spacial score (nSPS) is 26.6. The van der Waals surface area contributed by atoms with Gasteiger partial charge in [-0.15, -0.1) is 0 Å². The van der Waals surface area contributed by atoms with Crippen molar-refractivity contribution < 1.29 is 28.2 Å². The van der Waals surface area contributed by atoms with Crippen molar-refractivity contribution >= 4 is 17.7 Å². The van der Waals surface area contributed by atoms with Crippen LogP contribution in [-0.4, -0.2) is 90.5 Å². The van der Waals surface area contributed by atoms with E-state index in [0.29, 0.717) is 32.7 Å². The van der Waals surface area contributed by atoms with E-state index < -0.39 is 12.1 Å². The molecule has 1 aromatic carbocycles. The Hall–Kier alpha value is -2.52. The van der Waals surface area contributed by atoms with E-state index in [-0.39, 0.29) is 42.8 Å². The van der Waals surface area contributed by atoms with Gasteiger partial charge in [0.05, 0.1) is 19.3 Å². The Kier molecular flexibility index (Phi) is 5.51. The van der Waals surface area contributed by atoms with Crippen molar-refractivity contribution in [2.24, 2.45) is 0 Å². The first-order chi connectivity index (χ1) is 14.0. The Bertz CT molecular complexity index is 802. The SMILES string of the molecule is COCC(=O)N1CCN2C(=O)C3CC(OCc4ccc(F)cc4)CN3C(=O)C2C1. The van der Waals surface area contributed by atoms with Crippen LogP contribution >= 0.6 is 0 Å². The number of carbonyl (C=O) groups is 3. The number of fused-ring (bicyclic) bond motifs is 2. The Labute approximate surface area is 168 Å². The Morgan fingerprint density at radius 3 is 2.52 bits per heavy atom. The molecule has 3 heterocycles. The van der Waals surface area contributed by atoms with Crippen LogP contribution < -0.4 is 0 Å². The molecule has 0 spiro atoms. The summed E-state index contributed by atoms with van der Waals surface area (Å²) in [4.78, 5) is 42.9. The fourth-order valence-electron chi connectivity index (χ4n) is 4.27. The molecule has 3 saturated heterocycles. The fraction of sp³-hybridized carbons (Fsp3) is 0.550. The monoisotopic (exact) mass is 405 g/mol. The second-order valence-electron chi connectivity index (χ2n) is 7.62. The second kappa shape index (κ2) is 8.08. The third-order valence-corrected chi connectivity index (χ3v) is 5.80. The molecule has 3 aliphatic heterocycles. The zero-order valence-electron chi connectivity index (χ0n) is 16.3. The van der Waals surface area contributed by atoms with E-state index in [1.807, 2.05) is 0 Å². The molecule has 3 aliphatic rings. The first-order valence-corrected chi connectivity index (χ1v) is 9.71. The summed E-state index contributed by atoms with van der Waals surface area (Å²) in [6, 6.07) is 4.89. The van der Waals surface area contributed by atoms with Crippen LogP contribution in [0.25, 0.3) is 0 Å². The number of nitrogens with zero attached hydrogens (tertiary/aromatic N) is 3. The van der Waals surface area contributed by atoms with Crippen LogP contribution in [0, 0.1) is 5.82 Å². The molecule has 0 aromatic heterocycles. The summed E-state index contributed by atoms with van der Waals surface area (Å²) in [5.74, 6) is -0.715. The minimum Gasteiger partial charge on any atom is -0.375 e. The number of carbonyl (C=O) groups excluding carboxylic acids is 3. The maximum atomic E-state index is 13.0. The molecule has 29 heavy (non-hydrogen) atoms. The highest BCUT2D eigenvalue weighted by molar-refractivity contribution is 5.98. The molecular formula is C20H24FN3O5. The molecule has 0 saturated carbocycles. The Morgan fingerprint density at radius 2 is 1.79 bits per heavy atom. The lowest BCUT2D eigenvalue weighted by Gasteiger charge is -2.47. The van der Waals surface area contributed by atoms with Gasteiger partial charge < -0.3 is 24.2 Å². The van der Waals surface area contributed by atoms with E-state index in [2.05, 4.69) is 0 Å². The summed E-state index contributed by atoms with van der Waals surface area (Å²) >= 11 is 0. The minimum absolute atomic E-state index is 0.0412. The maximum absolute atomic E-state index is 13.0. The third kappa shape index (κ3) is 3.84. The average Bonchev–Trinajstić information content (AvgIpc) is 3.16. The van der Waals surface area contributed by atoms with Gasteiger partial charge in [0.2, 0.25) is 17.7 Å². The van der Waals surface area contributed by atoms with Crippen LogP contribution in [0.5, 0.6) is 0 Å². The van der Waals surface area contributed by atoms with Crippen LogP contribution in [0.2, 0.25) is 0 Å². The molecular weight excluding hydrogens is 381 g/mol. The van der Waals surface area contributed by atoms with Gasteiger partial charge >= 0.3 is 0 Å². The van der Waals surface area contributed by atoms with Crippen molar-refractivity contribution in [3.63, 3.8) is 0 Å². The molecule has 156 valence electrons. The van der Waals surface area contributed by atoms with E-state index in [1.54, 1.807) is 26.8 Å². The van der Waals surface area contributed by atoms with Gasteiger partial charge in [-0.05, 0) is 17.7 Å². The van der Waals surface area contributed by atoms with Crippen LogP contribution in [0.3, 0.4) is 0 Å². The molecule has 3 fully saturated rings. The van der Waals surface area contributed by atoms with E-state index in [0.717, 1.165) is 5.56 Å². The minimum atomic E-state index is -0.649. The number of amides is 3. The number of methoxy groups -OCH3 is 1. The van der Waals surface area contributed by atoms with Crippen molar-refractivity contribution in [2.75, 3.05) is 39.9 Å². The number of piperazine rings is 2. The number of hydrogen-bond donors (Lipinski definition) is 0. The maximum Gasteiger partial charge on any atom is 0.248 e. The summed E-state index contributed by atoms with van der Waals surface area (Å²) in [6.07, 6.45) is 0.187. The molecule has 3 atom stereocenters.